The van der Waals surface area contributed by atoms with Crippen LogP contribution in [-0.4, -0.2) is 46.1 Å². The summed E-state index contributed by atoms with van der Waals surface area (Å²) < 4.78 is 6.61. The molecule has 0 saturated carbocycles. The Kier molecular flexibility index (Phi) is 5.80. The molecule has 0 unspecified atom stereocenters. The van der Waals surface area contributed by atoms with Crippen molar-refractivity contribution in [3.8, 4) is 5.75 Å². The summed E-state index contributed by atoms with van der Waals surface area (Å²) in [4.78, 5) is 17.4. The Morgan fingerprint density at radius 2 is 1.83 bits per heavy atom. The van der Waals surface area contributed by atoms with Crippen molar-refractivity contribution >= 4 is 33.3 Å². The summed E-state index contributed by atoms with van der Waals surface area (Å²) in [6.07, 6.45) is 5.87. The quantitative estimate of drug-likeness (QED) is 0.339. The van der Waals surface area contributed by atoms with Gasteiger partial charge in [0, 0.05) is 42.4 Å². The first-order chi connectivity index (χ1) is 17.2. The van der Waals surface area contributed by atoms with Crippen LogP contribution in [0.2, 0.25) is 0 Å². The summed E-state index contributed by atoms with van der Waals surface area (Å²) >= 11 is 0. The van der Waals surface area contributed by atoms with Gasteiger partial charge in [-0.1, -0.05) is 36.4 Å². The van der Waals surface area contributed by atoms with E-state index < -0.39 is 0 Å². The highest BCUT2D eigenvalue weighted by atomic mass is 16.5. The number of likely N-dealkylation sites (tertiary alicyclic amines) is 1. The highest BCUT2D eigenvalue weighted by Gasteiger charge is 2.22. The second-order valence-corrected chi connectivity index (χ2v) is 9.29. The fourth-order valence-corrected chi connectivity index (χ4v) is 4.91. The van der Waals surface area contributed by atoms with E-state index in [-0.39, 0.29) is 6.10 Å². The number of ether oxygens (including phenoxy) is 1. The number of nitrogens with one attached hydrogen (secondary N) is 1. The van der Waals surface area contributed by atoms with Gasteiger partial charge in [0.2, 0.25) is 0 Å². The van der Waals surface area contributed by atoms with E-state index in [0.29, 0.717) is 6.54 Å². The van der Waals surface area contributed by atoms with E-state index in [1.165, 1.54) is 10.9 Å². The number of nitrogens with zero attached hydrogens (tertiary/aromatic N) is 4. The minimum Gasteiger partial charge on any atom is -0.489 e. The number of anilines is 2. The molecule has 6 heteroatoms. The van der Waals surface area contributed by atoms with Crippen molar-refractivity contribution in [2.75, 3.05) is 25.0 Å². The molecular weight excluding hydrogens is 434 g/mol. The third kappa shape index (κ3) is 4.45. The van der Waals surface area contributed by atoms with Crippen LogP contribution in [0.4, 0.5) is 11.5 Å². The van der Waals surface area contributed by atoms with Crippen LogP contribution in [0.5, 0.6) is 5.75 Å². The van der Waals surface area contributed by atoms with Crippen molar-refractivity contribution < 1.29 is 4.74 Å². The molecule has 3 heterocycles. The molecule has 1 aliphatic rings. The Balaban J connectivity index is 1.47. The normalized spacial score (nSPS) is 15.0. The number of piperidine rings is 1. The first kappa shape index (κ1) is 21.6. The maximum atomic E-state index is 6.61. The van der Waals surface area contributed by atoms with Gasteiger partial charge < -0.3 is 19.5 Å². The summed E-state index contributed by atoms with van der Waals surface area (Å²) in [5.74, 6) is 1.71. The van der Waals surface area contributed by atoms with Gasteiger partial charge in [-0.2, -0.15) is 0 Å². The monoisotopic (exact) mass is 463 g/mol. The number of aromatic amines is 1. The lowest BCUT2D eigenvalue weighted by molar-refractivity contribution is 0.116. The molecule has 0 bridgehead atoms. The smallest absolute Gasteiger partial charge is 0.148 e. The maximum absolute atomic E-state index is 6.61. The Hall–Kier alpha value is -3.90. The molecule has 2 aromatic heterocycles. The maximum Gasteiger partial charge on any atom is 0.148 e. The fourth-order valence-electron chi connectivity index (χ4n) is 4.91. The van der Waals surface area contributed by atoms with Gasteiger partial charge in [-0.15, -0.1) is 0 Å². The zero-order valence-electron chi connectivity index (χ0n) is 19.9. The molecular formula is C29H29N5O. The van der Waals surface area contributed by atoms with Gasteiger partial charge in [0.05, 0.1) is 10.9 Å². The van der Waals surface area contributed by atoms with E-state index in [4.69, 9.17) is 9.72 Å². The molecule has 0 amide bonds. The molecule has 1 aliphatic heterocycles. The van der Waals surface area contributed by atoms with Crippen LogP contribution >= 0.6 is 0 Å². The van der Waals surface area contributed by atoms with Crippen LogP contribution in [0.15, 0.2) is 85.3 Å². The van der Waals surface area contributed by atoms with Crippen molar-refractivity contribution in [2.24, 2.45) is 0 Å². The third-order valence-corrected chi connectivity index (χ3v) is 6.85. The summed E-state index contributed by atoms with van der Waals surface area (Å²) in [6, 6.07) is 25.2. The Morgan fingerprint density at radius 1 is 0.971 bits per heavy atom. The van der Waals surface area contributed by atoms with E-state index in [0.717, 1.165) is 59.6 Å². The van der Waals surface area contributed by atoms with Gasteiger partial charge in [0.15, 0.2) is 0 Å². The van der Waals surface area contributed by atoms with Gasteiger partial charge >= 0.3 is 0 Å². The second-order valence-electron chi connectivity index (χ2n) is 9.29. The number of H-pyrrole nitrogens is 1. The van der Waals surface area contributed by atoms with E-state index in [1.807, 2.05) is 24.4 Å². The number of aromatic nitrogens is 3. The molecule has 0 aliphatic carbocycles. The highest BCUT2D eigenvalue weighted by Crippen LogP contribution is 2.38. The molecule has 3 aromatic carbocycles. The summed E-state index contributed by atoms with van der Waals surface area (Å²) in [6.45, 7) is 2.79. The first-order valence-electron chi connectivity index (χ1n) is 12.2. The van der Waals surface area contributed by atoms with Crippen molar-refractivity contribution in [1.82, 2.24) is 19.9 Å². The zero-order valence-corrected chi connectivity index (χ0v) is 19.9. The van der Waals surface area contributed by atoms with Gasteiger partial charge in [-0.3, -0.25) is 0 Å². The first-order valence-corrected chi connectivity index (χ1v) is 12.2. The highest BCUT2D eigenvalue weighted by molar-refractivity contribution is 5.97. The van der Waals surface area contributed by atoms with Crippen molar-refractivity contribution in [2.45, 2.75) is 25.5 Å². The van der Waals surface area contributed by atoms with E-state index in [9.17, 15) is 0 Å². The number of hydrogen-bond donors (Lipinski definition) is 1. The third-order valence-electron chi connectivity index (χ3n) is 6.85. The topological polar surface area (TPSA) is 57.3 Å². The van der Waals surface area contributed by atoms with Gasteiger partial charge in [-0.05, 0) is 61.9 Å². The Labute approximate surface area is 205 Å². The Morgan fingerprint density at radius 3 is 2.69 bits per heavy atom. The number of benzene rings is 3. The van der Waals surface area contributed by atoms with Crippen LogP contribution in [-0.2, 0) is 6.54 Å². The largest absolute Gasteiger partial charge is 0.489 e. The number of hydrogen-bond acceptors (Lipinski definition) is 5. The summed E-state index contributed by atoms with van der Waals surface area (Å²) in [7, 11) is 2.17. The van der Waals surface area contributed by atoms with Crippen LogP contribution < -0.4 is 9.64 Å². The molecule has 5 aromatic rings. The SMILES string of the molecule is CN1CCC(Oc2cccc3ncnc(N(Cc4ccccc4)c4ccc5[nH]ccc5c4)c23)CC1. The molecule has 0 atom stereocenters. The zero-order chi connectivity index (χ0) is 23.6. The van der Waals surface area contributed by atoms with Crippen molar-refractivity contribution in [3.63, 3.8) is 0 Å². The molecule has 6 nitrogen and oxygen atoms in total. The lowest BCUT2D eigenvalue weighted by Gasteiger charge is -2.30. The predicted octanol–water partition coefficient (Wildman–Crippen LogP) is 5.92. The van der Waals surface area contributed by atoms with E-state index in [1.54, 1.807) is 6.33 Å². The standard InChI is InChI=1S/C29H29N5O/c1-33-16-13-24(14-17-33)35-27-9-5-8-26-28(27)29(32-20-31-26)34(19-21-6-3-2-4-7-21)23-10-11-25-22(18-23)12-15-30-25/h2-12,15,18,20,24,30H,13-14,16-17,19H2,1H3. The molecule has 0 spiro atoms. The van der Waals surface area contributed by atoms with E-state index in [2.05, 4.69) is 81.4 Å². The van der Waals surface area contributed by atoms with E-state index >= 15 is 0 Å². The van der Waals surface area contributed by atoms with Crippen LogP contribution in [0.25, 0.3) is 21.8 Å². The van der Waals surface area contributed by atoms with Crippen molar-refractivity contribution in [1.29, 1.82) is 0 Å². The lowest BCUT2D eigenvalue weighted by Crippen LogP contribution is -2.35. The second kappa shape index (κ2) is 9.39. The Bertz CT molecular complexity index is 1430. The number of rotatable bonds is 6. The van der Waals surface area contributed by atoms with Crippen LogP contribution in [0.3, 0.4) is 0 Å². The summed E-state index contributed by atoms with van der Waals surface area (Å²) in [5, 5.41) is 2.13. The predicted molar refractivity (Wildman–Crippen MR) is 141 cm³/mol. The molecule has 35 heavy (non-hydrogen) atoms. The fraction of sp³-hybridized carbons (Fsp3) is 0.241. The van der Waals surface area contributed by atoms with Gasteiger partial charge in [0.25, 0.3) is 0 Å². The average Bonchev–Trinajstić information content (AvgIpc) is 3.37. The van der Waals surface area contributed by atoms with Crippen LogP contribution in [0, 0.1) is 0 Å². The minimum atomic E-state index is 0.198. The molecule has 1 saturated heterocycles. The molecule has 0 radical (unpaired) electrons. The van der Waals surface area contributed by atoms with Crippen molar-refractivity contribution in [3.05, 3.63) is 90.9 Å². The molecule has 1 N–H and O–H groups in total. The van der Waals surface area contributed by atoms with Gasteiger partial charge in [-0.25, -0.2) is 9.97 Å². The number of fused-ring (bicyclic) bond motifs is 2. The molecule has 1 fully saturated rings. The summed E-state index contributed by atoms with van der Waals surface area (Å²) in [5.41, 5.74) is 4.30. The molecule has 176 valence electrons. The average molecular weight is 464 g/mol. The lowest BCUT2D eigenvalue weighted by atomic mass is 10.1. The van der Waals surface area contributed by atoms with Gasteiger partial charge in [0.1, 0.15) is 24.0 Å². The molecule has 6 rings (SSSR count). The van der Waals surface area contributed by atoms with Crippen LogP contribution in [0.1, 0.15) is 18.4 Å². The minimum absolute atomic E-state index is 0.198.